The molecule has 6 nitrogen and oxygen atoms in total. The van der Waals surface area contributed by atoms with E-state index in [1.165, 1.54) is 12.1 Å². The molecule has 5 rings (SSSR count). The number of hydrogen-bond acceptors (Lipinski definition) is 4. The Kier molecular flexibility index (Phi) is 7.05. The van der Waals surface area contributed by atoms with E-state index < -0.39 is 11.2 Å². The number of pyridine rings is 2. The van der Waals surface area contributed by atoms with Crippen molar-refractivity contribution in [2.45, 2.75) is 46.1 Å². The molecule has 3 aromatic rings. The van der Waals surface area contributed by atoms with Crippen LogP contribution in [0.4, 0.5) is 10.2 Å². The average Bonchev–Trinajstić information content (AvgIpc) is 2.87. The number of amides is 2. The minimum absolute atomic E-state index is 0.00332. The molecule has 1 aromatic carbocycles. The van der Waals surface area contributed by atoms with Crippen molar-refractivity contribution in [1.82, 2.24) is 14.9 Å². The molecule has 196 valence electrons. The molecule has 0 saturated heterocycles. The van der Waals surface area contributed by atoms with Gasteiger partial charge in [-0.2, -0.15) is 0 Å². The highest BCUT2D eigenvalue weighted by Gasteiger charge is 2.40. The van der Waals surface area contributed by atoms with E-state index in [1.807, 2.05) is 51.3 Å². The van der Waals surface area contributed by atoms with Crippen LogP contribution in [0, 0.1) is 17.2 Å². The van der Waals surface area contributed by atoms with E-state index in [2.05, 4.69) is 16.4 Å². The lowest BCUT2D eigenvalue weighted by atomic mass is 9.72. The minimum atomic E-state index is -0.584. The maximum atomic E-state index is 13.5. The van der Waals surface area contributed by atoms with E-state index in [0.717, 1.165) is 22.4 Å². The van der Waals surface area contributed by atoms with E-state index >= 15 is 0 Å². The lowest BCUT2D eigenvalue weighted by Crippen LogP contribution is -2.39. The van der Waals surface area contributed by atoms with Crippen LogP contribution in [-0.4, -0.2) is 33.2 Å². The van der Waals surface area contributed by atoms with Gasteiger partial charge < -0.3 is 10.2 Å². The fourth-order valence-corrected chi connectivity index (χ4v) is 5.46. The molecular weight excluding hydrogens is 503 g/mol. The largest absolute Gasteiger partial charge is 0.334 e. The Labute approximate surface area is 226 Å². The van der Waals surface area contributed by atoms with Gasteiger partial charge in [-0.3, -0.25) is 14.6 Å². The molecule has 1 aliphatic carbocycles. The molecule has 0 saturated carbocycles. The SMILES string of the molecule is CC(C)(C)C(=O)N(C/C=C/c1cnc2c(c1)CC1C(=O)Nc3ncccc3C1C2)Cc1ccc(F)cc1Cl. The predicted octanol–water partition coefficient (Wildman–Crippen LogP) is 5.81. The first kappa shape index (κ1) is 26.0. The number of aromatic nitrogens is 2. The normalized spacial score (nSPS) is 18.4. The van der Waals surface area contributed by atoms with Crippen molar-refractivity contribution in [1.29, 1.82) is 0 Å². The summed E-state index contributed by atoms with van der Waals surface area (Å²) in [6.07, 6.45) is 8.70. The third kappa shape index (κ3) is 5.34. The quantitative estimate of drug-likeness (QED) is 0.450. The van der Waals surface area contributed by atoms with Crippen molar-refractivity contribution in [3.05, 3.63) is 93.7 Å². The van der Waals surface area contributed by atoms with Gasteiger partial charge in [0, 0.05) is 53.5 Å². The van der Waals surface area contributed by atoms with E-state index in [4.69, 9.17) is 16.6 Å². The predicted molar refractivity (Wildman–Crippen MR) is 146 cm³/mol. The molecule has 38 heavy (non-hydrogen) atoms. The number of fused-ring (bicyclic) bond motifs is 4. The summed E-state index contributed by atoms with van der Waals surface area (Å²) >= 11 is 6.24. The zero-order chi connectivity index (χ0) is 27.0. The van der Waals surface area contributed by atoms with Crippen LogP contribution in [0.5, 0.6) is 0 Å². The van der Waals surface area contributed by atoms with Crippen molar-refractivity contribution in [3.63, 3.8) is 0 Å². The molecule has 2 aromatic heterocycles. The van der Waals surface area contributed by atoms with Crippen LogP contribution in [0.15, 0.2) is 54.9 Å². The van der Waals surface area contributed by atoms with Crippen molar-refractivity contribution >= 4 is 35.3 Å². The second-order valence-electron chi connectivity index (χ2n) is 11.0. The topological polar surface area (TPSA) is 75.2 Å². The van der Waals surface area contributed by atoms with Gasteiger partial charge in [-0.25, -0.2) is 9.37 Å². The number of anilines is 1. The Morgan fingerprint density at radius 2 is 2.00 bits per heavy atom. The average molecular weight is 533 g/mol. The van der Waals surface area contributed by atoms with Gasteiger partial charge in [-0.15, -0.1) is 0 Å². The molecule has 2 atom stereocenters. The zero-order valence-electron chi connectivity index (χ0n) is 21.7. The highest BCUT2D eigenvalue weighted by molar-refractivity contribution is 6.31. The summed E-state index contributed by atoms with van der Waals surface area (Å²) in [5, 5.41) is 3.24. The monoisotopic (exact) mass is 532 g/mol. The fourth-order valence-electron chi connectivity index (χ4n) is 5.24. The van der Waals surface area contributed by atoms with Crippen molar-refractivity contribution in [2.75, 3.05) is 11.9 Å². The van der Waals surface area contributed by atoms with Gasteiger partial charge in [0.2, 0.25) is 11.8 Å². The molecule has 1 N–H and O–H groups in total. The number of nitrogens with one attached hydrogen (secondary N) is 1. The third-order valence-electron chi connectivity index (χ3n) is 7.18. The zero-order valence-corrected chi connectivity index (χ0v) is 22.4. The number of benzene rings is 1. The molecule has 3 heterocycles. The number of carbonyl (C=O) groups excluding carboxylic acids is 2. The molecule has 8 heteroatoms. The molecular formula is C30H30ClFN4O2. The molecule has 0 radical (unpaired) electrons. The Hall–Kier alpha value is -3.58. The van der Waals surface area contributed by atoms with Crippen LogP contribution in [0.25, 0.3) is 6.08 Å². The summed E-state index contributed by atoms with van der Waals surface area (Å²) in [7, 11) is 0. The molecule has 0 bridgehead atoms. The van der Waals surface area contributed by atoms with Gasteiger partial charge >= 0.3 is 0 Å². The van der Waals surface area contributed by atoms with E-state index in [-0.39, 0.29) is 30.2 Å². The van der Waals surface area contributed by atoms with E-state index in [1.54, 1.807) is 17.2 Å². The van der Waals surface area contributed by atoms with E-state index in [0.29, 0.717) is 35.8 Å². The fraction of sp³-hybridized carbons (Fsp3) is 0.333. The number of rotatable bonds is 5. The number of carbonyl (C=O) groups is 2. The van der Waals surface area contributed by atoms with E-state index in [9.17, 15) is 14.0 Å². The third-order valence-corrected chi connectivity index (χ3v) is 7.53. The van der Waals surface area contributed by atoms with Gasteiger partial charge in [-0.05, 0) is 59.4 Å². The maximum absolute atomic E-state index is 13.5. The molecule has 0 fully saturated rings. The minimum Gasteiger partial charge on any atom is -0.334 e. The first-order valence-electron chi connectivity index (χ1n) is 12.7. The summed E-state index contributed by atoms with van der Waals surface area (Å²) in [4.78, 5) is 36.7. The van der Waals surface area contributed by atoms with Crippen molar-refractivity contribution < 1.29 is 14.0 Å². The first-order valence-corrected chi connectivity index (χ1v) is 13.1. The van der Waals surface area contributed by atoms with Gasteiger partial charge in [0.15, 0.2) is 0 Å². The number of halogens is 2. The molecule has 2 amide bonds. The maximum Gasteiger partial charge on any atom is 0.229 e. The second-order valence-corrected chi connectivity index (χ2v) is 11.4. The van der Waals surface area contributed by atoms with Crippen LogP contribution in [0.3, 0.4) is 0 Å². The summed E-state index contributed by atoms with van der Waals surface area (Å²) < 4.78 is 13.5. The number of nitrogens with zero attached hydrogens (tertiary/aromatic N) is 3. The number of hydrogen-bond donors (Lipinski definition) is 1. The van der Waals surface area contributed by atoms with Crippen LogP contribution in [0.2, 0.25) is 5.02 Å². The lowest BCUT2D eigenvalue weighted by Gasteiger charge is -2.36. The van der Waals surface area contributed by atoms with Crippen LogP contribution in [-0.2, 0) is 29.0 Å². The Bertz CT molecular complexity index is 1430. The summed E-state index contributed by atoms with van der Waals surface area (Å²) in [6, 6.07) is 10.2. The Morgan fingerprint density at radius 3 is 2.76 bits per heavy atom. The highest BCUT2D eigenvalue weighted by atomic mass is 35.5. The molecule has 2 unspecified atom stereocenters. The van der Waals surface area contributed by atoms with Crippen molar-refractivity contribution in [3.8, 4) is 0 Å². The molecule has 1 aliphatic heterocycles. The van der Waals surface area contributed by atoms with Gasteiger partial charge in [0.25, 0.3) is 0 Å². The second kappa shape index (κ2) is 10.3. The van der Waals surface area contributed by atoms with Crippen LogP contribution < -0.4 is 5.32 Å². The molecule has 0 spiro atoms. The van der Waals surface area contributed by atoms with Crippen LogP contribution in [0.1, 0.15) is 54.6 Å². The Morgan fingerprint density at radius 1 is 1.18 bits per heavy atom. The smallest absolute Gasteiger partial charge is 0.229 e. The summed E-state index contributed by atoms with van der Waals surface area (Å²) in [5.74, 6) is 0.131. The first-order chi connectivity index (χ1) is 18.1. The highest BCUT2D eigenvalue weighted by Crippen LogP contribution is 2.42. The van der Waals surface area contributed by atoms with Gasteiger partial charge in [0.05, 0.1) is 0 Å². The summed E-state index contributed by atoms with van der Waals surface area (Å²) in [5.41, 5.74) is 4.15. The van der Waals surface area contributed by atoms with Gasteiger partial charge in [0.1, 0.15) is 11.6 Å². The summed E-state index contributed by atoms with van der Waals surface area (Å²) in [6.45, 7) is 6.24. The van der Waals surface area contributed by atoms with Gasteiger partial charge in [-0.1, -0.05) is 56.7 Å². The Balaban J connectivity index is 1.33. The lowest BCUT2D eigenvalue weighted by molar-refractivity contribution is -0.139. The van der Waals surface area contributed by atoms with Crippen molar-refractivity contribution in [2.24, 2.45) is 11.3 Å². The van der Waals surface area contributed by atoms with Crippen LogP contribution >= 0.6 is 11.6 Å². The standard InChI is InChI=1S/C30H30ClFN4O2/c1-30(2,3)29(38)36(17-19-8-9-21(32)14-25(19)31)11-5-6-18-12-20-13-24-23(15-26(20)34-16-18)22-7-4-10-33-27(22)35-28(24)37/h4-10,12,14,16,23-24H,11,13,15,17H2,1-3H3,(H,33,35,37)/b6-5+. The molecule has 2 aliphatic rings.